The first-order valence-corrected chi connectivity index (χ1v) is 20.5. The molecule has 0 aliphatic carbocycles. The minimum absolute atomic E-state index is 0.0474. The Morgan fingerprint density at radius 1 is 0.717 bits per heavy atom. The normalized spacial score (nSPS) is 21.8. The number of hydrogen-bond donors (Lipinski definition) is 12. The summed E-state index contributed by atoms with van der Waals surface area (Å²) in [5.74, 6) is -10.6. The van der Waals surface area contributed by atoms with Crippen molar-refractivity contribution >= 4 is 71.0 Å². The standard InChI is InChI=1S/C35H57N9O15S/c1-15(2)27(33(57)40-21(11-24(37)48)34(58)43-13-17(46)9-22(43)31(55)38-12-26(51)52)41-32(56)23-10-18(47)14-44(23)35(59)28(16(3)45)42-30(54)20(7-8-60-4)39-29(53)19(36)5-6-25(49)50/h15-23,27-28,45-47H,5-14,36H2,1-4H3,(H2,37,48)(H,38,55)(H,39,53)(H,40,57)(H,41,56)(H,42,54)(H,49,50)(H,51,52). The second kappa shape index (κ2) is 23.6. The summed E-state index contributed by atoms with van der Waals surface area (Å²) in [6.45, 7) is 2.59. The van der Waals surface area contributed by atoms with Crippen molar-refractivity contribution < 1.29 is 73.5 Å². The maximum Gasteiger partial charge on any atom is 0.322 e. The van der Waals surface area contributed by atoms with Gasteiger partial charge >= 0.3 is 11.9 Å². The van der Waals surface area contributed by atoms with E-state index in [0.29, 0.717) is 5.75 Å². The van der Waals surface area contributed by atoms with E-state index in [4.69, 9.17) is 21.7 Å². The van der Waals surface area contributed by atoms with Gasteiger partial charge in [0.15, 0.2) is 0 Å². The average molecular weight is 876 g/mol. The molecule has 2 rings (SSSR count). The molecule has 2 fully saturated rings. The number of carboxylic acids is 2. The summed E-state index contributed by atoms with van der Waals surface area (Å²) < 4.78 is 0. The van der Waals surface area contributed by atoms with Gasteiger partial charge < -0.3 is 73.4 Å². The summed E-state index contributed by atoms with van der Waals surface area (Å²) >= 11 is 1.33. The lowest BCUT2D eigenvalue weighted by molar-refractivity contribution is -0.145. The van der Waals surface area contributed by atoms with Gasteiger partial charge in [-0.05, 0) is 37.7 Å². The van der Waals surface area contributed by atoms with Gasteiger partial charge in [0.25, 0.3) is 0 Å². The van der Waals surface area contributed by atoms with E-state index in [-0.39, 0.29) is 25.7 Å². The van der Waals surface area contributed by atoms with E-state index in [2.05, 4.69) is 26.6 Å². The molecule has 14 N–H and O–H groups in total. The van der Waals surface area contributed by atoms with Gasteiger partial charge in [-0.25, -0.2) is 0 Å². The lowest BCUT2D eigenvalue weighted by atomic mass is 10.0. The Kier molecular flexibility index (Phi) is 20.1. The van der Waals surface area contributed by atoms with E-state index >= 15 is 0 Å². The summed E-state index contributed by atoms with van der Waals surface area (Å²) in [7, 11) is 0. The Morgan fingerprint density at radius 3 is 1.77 bits per heavy atom. The lowest BCUT2D eigenvalue weighted by Crippen LogP contribution is -2.62. The van der Waals surface area contributed by atoms with Crippen LogP contribution in [0.2, 0.25) is 0 Å². The first-order chi connectivity index (χ1) is 28.0. The minimum Gasteiger partial charge on any atom is -0.481 e. The van der Waals surface area contributed by atoms with Crippen LogP contribution in [0.25, 0.3) is 0 Å². The zero-order chi connectivity index (χ0) is 45.6. The second-order valence-electron chi connectivity index (χ2n) is 15.0. The SMILES string of the molecule is CSCCC(NC(=O)C(N)CCC(=O)O)C(=O)NC(C(=O)N1CC(O)CC1C(=O)NC(C(=O)NC(CC(N)=O)C(=O)N1CC(O)CC1C(=O)NCC(=O)O)C(C)C)C(C)O. The summed E-state index contributed by atoms with van der Waals surface area (Å²) in [6, 6.07) is -10.2. The molecule has 0 aromatic carbocycles. The van der Waals surface area contributed by atoms with Gasteiger partial charge in [-0.15, -0.1) is 0 Å². The minimum atomic E-state index is -1.71. The highest BCUT2D eigenvalue weighted by Gasteiger charge is 2.45. The Bertz CT molecular complexity index is 1620. The first kappa shape index (κ1) is 51.0. The van der Waals surface area contributed by atoms with Crippen molar-refractivity contribution in [2.45, 2.75) is 120 Å². The van der Waals surface area contributed by atoms with E-state index < -0.39 is 158 Å². The highest BCUT2D eigenvalue weighted by atomic mass is 32.2. The van der Waals surface area contributed by atoms with E-state index in [9.17, 15) is 63.3 Å². The Balaban J connectivity index is 2.28. The number of aliphatic carboxylic acids is 2. The molecule has 0 spiro atoms. The lowest BCUT2D eigenvalue weighted by Gasteiger charge is -2.32. The molecule has 60 heavy (non-hydrogen) atoms. The summed E-state index contributed by atoms with van der Waals surface area (Å²) in [5, 5.41) is 61.1. The number of nitrogens with zero attached hydrogens (tertiary/aromatic N) is 2. The van der Waals surface area contributed by atoms with Gasteiger partial charge in [-0.2, -0.15) is 11.8 Å². The number of aliphatic hydroxyl groups excluding tert-OH is 3. The van der Waals surface area contributed by atoms with Crippen LogP contribution in [0.3, 0.4) is 0 Å². The van der Waals surface area contributed by atoms with Crippen molar-refractivity contribution in [1.82, 2.24) is 36.4 Å². The maximum atomic E-state index is 13.9. The van der Waals surface area contributed by atoms with Gasteiger partial charge in [0.05, 0.1) is 30.8 Å². The third-order valence-corrected chi connectivity index (χ3v) is 10.3. The molecule has 24 nitrogen and oxygen atoms in total. The monoisotopic (exact) mass is 875 g/mol. The van der Waals surface area contributed by atoms with Crippen molar-refractivity contribution in [3.8, 4) is 0 Å². The fourth-order valence-electron chi connectivity index (χ4n) is 6.55. The number of nitrogens with one attached hydrogen (secondary N) is 5. The molecule has 25 heteroatoms. The van der Waals surface area contributed by atoms with Gasteiger partial charge in [0.2, 0.25) is 47.3 Å². The summed E-state index contributed by atoms with van der Waals surface area (Å²) in [6.07, 6.45) is -4.29. The Hall–Kier alpha value is -5.11. The number of hydrogen-bond acceptors (Lipinski definition) is 15. The fraction of sp³-hybridized carbons (Fsp3) is 0.714. The fourth-order valence-corrected chi connectivity index (χ4v) is 7.03. The topological polar surface area (TPSA) is 391 Å². The number of carbonyl (C=O) groups is 10. The van der Waals surface area contributed by atoms with Gasteiger partial charge in [0.1, 0.15) is 42.8 Å². The number of carbonyl (C=O) groups excluding carboxylic acids is 8. The van der Waals surface area contributed by atoms with Crippen LogP contribution >= 0.6 is 11.8 Å². The molecular weight excluding hydrogens is 818 g/mol. The van der Waals surface area contributed by atoms with Crippen LogP contribution in [-0.4, -0.2) is 187 Å². The number of thioether (sulfide) groups is 1. The zero-order valence-corrected chi connectivity index (χ0v) is 34.5. The molecule has 0 aromatic heterocycles. The average Bonchev–Trinajstić information content (AvgIpc) is 3.76. The molecule has 10 unspecified atom stereocenters. The predicted molar refractivity (Wildman–Crippen MR) is 209 cm³/mol. The van der Waals surface area contributed by atoms with E-state index in [1.54, 1.807) is 6.26 Å². The largest absolute Gasteiger partial charge is 0.481 e. The van der Waals surface area contributed by atoms with Gasteiger partial charge in [-0.1, -0.05) is 13.8 Å². The molecule has 2 aliphatic rings. The van der Waals surface area contributed by atoms with Crippen molar-refractivity contribution in [3.63, 3.8) is 0 Å². The number of nitrogens with two attached hydrogens (primary N) is 2. The number of rotatable bonds is 23. The molecule has 0 radical (unpaired) electrons. The highest BCUT2D eigenvalue weighted by Crippen LogP contribution is 2.23. The van der Waals surface area contributed by atoms with Gasteiger partial charge in [0, 0.05) is 32.4 Å². The van der Waals surface area contributed by atoms with Crippen molar-refractivity contribution in [2.75, 3.05) is 31.6 Å². The predicted octanol–water partition coefficient (Wildman–Crippen LogP) is -6.09. The smallest absolute Gasteiger partial charge is 0.322 e. The Labute approximate surface area is 349 Å². The van der Waals surface area contributed by atoms with Crippen LogP contribution in [0.5, 0.6) is 0 Å². The number of β-amino-alcohol motifs (C(OH)–C–C–N with tert-alkyl or cyclic N) is 2. The van der Waals surface area contributed by atoms with E-state index in [0.717, 1.165) is 9.80 Å². The van der Waals surface area contributed by atoms with Crippen LogP contribution in [0.4, 0.5) is 0 Å². The molecule has 10 atom stereocenters. The Morgan fingerprint density at radius 2 is 1.27 bits per heavy atom. The molecule has 0 saturated carbocycles. The molecular formula is C35H57N9O15S. The summed E-state index contributed by atoms with van der Waals surface area (Å²) in [4.78, 5) is 130. The number of aliphatic hydroxyl groups is 3. The van der Waals surface area contributed by atoms with Crippen LogP contribution in [0, 0.1) is 5.92 Å². The van der Waals surface area contributed by atoms with Crippen molar-refractivity contribution in [3.05, 3.63) is 0 Å². The number of amides is 8. The molecule has 0 aromatic rings. The highest BCUT2D eigenvalue weighted by molar-refractivity contribution is 7.98. The van der Waals surface area contributed by atoms with E-state index in [1.165, 1.54) is 32.5 Å². The van der Waals surface area contributed by atoms with Crippen LogP contribution in [-0.2, 0) is 47.9 Å². The molecule has 338 valence electrons. The molecule has 2 heterocycles. The molecule has 2 aliphatic heterocycles. The third kappa shape index (κ3) is 15.2. The molecule has 8 amide bonds. The third-order valence-electron chi connectivity index (χ3n) is 9.71. The number of primary amides is 1. The first-order valence-electron chi connectivity index (χ1n) is 19.1. The van der Waals surface area contributed by atoms with E-state index in [1.807, 2.05) is 0 Å². The molecule has 0 bridgehead atoms. The van der Waals surface area contributed by atoms with Crippen LogP contribution in [0.15, 0.2) is 0 Å². The summed E-state index contributed by atoms with van der Waals surface area (Å²) in [5.41, 5.74) is 11.2. The molecule has 2 saturated heterocycles. The second-order valence-corrected chi connectivity index (χ2v) is 16.0. The quantitative estimate of drug-likeness (QED) is 0.0454. The number of carboxylic acid groups (broad SMARTS) is 2. The number of likely N-dealkylation sites (tertiary alicyclic amines) is 2. The van der Waals surface area contributed by atoms with Crippen LogP contribution < -0.4 is 38.1 Å². The maximum absolute atomic E-state index is 13.9. The van der Waals surface area contributed by atoms with Crippen molar-refractivity contribution in [2.24, 2.45) is 17.4 Å². The van der Waals surface area contributed by atoms with Gasteiger partial charge in [-0.3, -0.25) is 47.9 Å². The van der Waals surface area contributed by atoms with Crippen LogP contribution in [0.1, 0.15) is 59.3 Å². The van der Waals surface area contributed by atoms with Crippen molar-refractivity contribution in [1.29, 1.82) is 0 Å². The zero-order valence-electron chi connectivity index (χ0n) is 33.7.